The number of nitrogens with one attached hydrogen (secondary N) is 1. The number of halogens is 1. The molecular formula is C14H18FNO2. The predicted octanol–water partition coefficient (Wildman–Crippen LogP) is 1.87. The van der Waals surface area contributed by atoms with E-state index in [0.717, 1.165) is 0 Å². The quantitative estimate of drug-likeness (QED) is 0.833. The molecule has 0 aliphatic carbocycles. The number of hydrogen-bond donors (Lipinski definition) is 1. The highest BCUT2D eigenvalue weighted by Crippen LogP contribution is 2.37. The lowest BCUT2D eigenvalue weighted by Crippen LogP contribution is -2.38. The van der Waals surface area contributed by atoms with E-state index < -0.39 is 5.41 Å². The van der Waals surface area contributed by atoms with Crippen molar-refractivity contribution in [2.75, 3.05) is 19.7 Å². The lowest BCUT2D eigenvalue weighted by molar-refractivity contribution is -0.149. The first kappa shape index (κ1) is 13.0. The second-order valence-electron chi connectivity index (χ2n) is 4.83. The Morgan fingerprint density at radius 1 is 1.56 bits per heavy atom. The molecule has 18 heavy (non-hydrogen) atoms. The van der Waals surface area contributed by atoms with Gasteiger partial charge in [-0.2, -0.15) is 0 Å². The van der Waals surface area contributed by atoms with Crippen LogP contribution in [0.4, 0.5) is 4.39 Å². The topological polar surface area (TPSA) is 38.3 Å². The summed E-state index contributed by atoms with van der Waals surface area (Å²) in [6, 6.07) is 6.63. The highest BCUT2D eigenvalue weighted by atomic mass is 19.1. The summed E-state index contributed by atoms with van der Waals surface area (Å²) in [6.07, 6.45) is 0. The first-order chi connectivity index (χ1) is 8.59. The second-order valence-corrected chi connectivity index (χ2v) is 4.83. The van der Waals surface area contributed by atoms with Crippen LogP contribution in [0.25, 0.3) is 0 Å². The molecule has 2 atom stereocenters. The molecule has 1 heterocycles. The standard InChI is InChI=1S/C14H18FNO2/c1-3-18-13(17)11-8-16-9-14(11,2)10-6-4-5-7-12(10)15/h4-7,11,16H,3,8-9H2,1-2H3. The zero-order valence-corrected chi connectivity index (χ0v) is 10.7. The molecule has 2 rings (SSSR count). The van der Waals surface area contributed by atoms with Gasteiger partial charge in [0.2, 0.25) is 0 Å². The van der Waals surface area contributed by atoms with Crippen LogP contribution in [-0.2, 0) is 14.9 Å². The number of carbonyl (C=O) groups is 1. The summed E-state index contributed by atoms with van der Waals surface area (Å²) in [4.78, 5) is 12.0. The van der Waals surface area contributed by atoms with E-state index in [1.54, 1.807) is 25.1 Å². The number of carbonyl (C=O) groups excluding carboxylic acids is 1. The zero-order valence-electron chi connectivity index (χ0n) is 10.7. The van der Waals surface area contributed by atoms with Gasteiger partial charge in [0.25, 0.3) is 0 Å². The summed E-state index contributed by atoms with van der Waals surface area (Å²) in [5.41, 5.74) is 0.0329. The van der Waals surface area contributed by atoms with E-state index >= 15 is 0 Å². The van der Waals surface area contributed by atoms with Crippen LogP contribution in [0.15, 0.2) is 24.3 Å². The maximum atomic E-state index is 13.9. The maximum Gasteiger partial charge on any atom is 0.311 e. The van der Waals surface area contributed by atoms with Gasteiger partial charge in [0.15, 0.2) is 0 Å². The second kappa shape index (κ2) is 5.06. The van der Waals surface area contributed by atoms with E-state index in [9.17, 15) is 9.18 Å². The van der Waals surface area contributed by atoms with E-state index in [1.807, 2.05) is 6.92 Å². The van der Waals surface area contributed by atoms with Crippen molar-refractivity contribution in [3.8, 4) is 0 Å². The van der Waals surface area contributed by atoms with Crippen LogP contribution in [0.1, 0.15) is 19.4 Å². The van der Waals surface area contributed by atoms with Gasteiger partial charge in [-0.15, -0.1) is 0 Å². The molecule has 0 saturated carbocycles. The highest BCUT2D eigenvalue weighted by molar-refractivity contribution is 5.75. The number of rotatable bonds is 3. The van der Waals surface area contributed by atoms with Gasteiger partial charge in [-0.05, 0) is 18.6 Å². The minimum atomic E-state index is -0.544. The number of hydrogen-bond acceptors (Lipinski definition) is 3. The fraction of sp³-hybridized carbons (Fsp3) is 0.500. The first-order valence-electron chi connectivity index (χ1n) is 6.22. The van der Waals surface area contributed by atoms with Crippen molar-refractivity contribution in [1.29, 1.82) is 0 Å². The molecule has 1 fully saturated rings. The molecule has 2 unspecified atom stereocenters. The van der Waals surface area contributed by atoms with Gasteiger partial charge in [-0.1, -0.05) is 25.1 Å². The van der Waals surface area contributed by atoms with Crippen LogP contribution in [-0.4, -0.2) is 25.7 Å². The first-order valence-corrected chi connectivity index (χ1v) is 6.22. The third kappa shape index (κ3) is 2.12. The van der Waals surface area contributed by atoms with Gasteiger partial charge in [-0.25, -0.2) is 4.39 Å². The van der Waals surface area contributed by atoms with E-state index in [0.29, 0.717) is 25.3 Å². The Morgan fingerprint density at radius 3 is 2.94 bits per heavy atom. The van der Waals surface area contributed by atoms with Gasteiger partial charge in [-0.3, -0.25) is 4.79 Å². The van der Waals surface area contributed by atoms with Crippen molar-refractivity contribution in [1.82, 2.24) is 5.32 Å². The largest absolute Gasteiger partial charge is 0.466 e. The molecule has 1 saturated heterocycles. The van der Waals surface area contributed by atoms with Crippen molar-refractivity contribution < 1.29 is 13.9 Å². The Bertz CT molecular complexity index is 449. The molecule has 1 aliphatic heterocycles. The SMILES string of the molecule is CCOC(=O)C1CNCC1(C)c1ccccc1F. The van der Waals surface area contributed by atoms with Crippen molar-refractivity contribution in [3.05, 3.63) is 35.6 Å². The Kier molecular flexibility index (Phi) is 3.66. The predicted molar refractivity (Wildman–Crippen MR) is 66.7 cm³/mol. The summed E-state index contributed by atoms with van der Waals surface area (Å²) in [5, 5.41) is 3.16. The Balaban J connectivity index is 2.34. The van der Waals surface area contributed by atoms with Crippen molar-refractivity contribution >= 4 is 5.97 Å². The molecule has 98 valence electrons. The van der Waals surface area contributed by atoms with Gasteiger partial charge >= 0.3 is 5.97 Å². The van der Waals surface area contributed by atoms with E-state index in [2.05, 4.69) is 5.32 Å². The molecule has 0 spiro atoms. The summed E-state index contributed by atoms with van der Waals surface area (Å²) in [6.45, 7) is 5.15. The third-order valence-corrected chi connectivity index (χ3v) is 3.67. The molecule has 0 bridgehead atoms. The molecule has 0 radical (unpaired) electrons. The van der Waals surface area contributed by atoms with E-state index in [1.165, 1.54) is 6.07 Å². The van der Waals surface area contributed by atoms with Crippen molar-refractivity contribution in [2.45, 2.75) is 19.3 Å². The average molecular weight is 251 g/mol. The molecule has 3 nitrogen and oxygen atoms in total. The monoisotopic (exact) mass is 251 g/mol. The molecule has 1 N–H and O–H groups in total. The normalized spacial score (nSPS) is 27.2. The van der Waals surface area contributed by atoms with Gasteiger partial charge in [0.1, 0.15) is 5.82 Å². The summed E-state index contributed by atoms with van der Waals surface area (Å²) >= 11 is 0. The van der Waals surface area contributed by atoms with E-state index in [-0.39, 0.29) is 17.7 Å². The van der Waals surface area contributed by atoms with Crippen molar-refractivity contribution in [3.63, 3.8) is 0 Å². The fourth-order valence-corrected chi connectivity index (χ4v) is 2.62. The highest BCUT2D eigenvalue weighted by Gasteiger charge is 2.46. The van der Waals surface area contributed by atoms with E-state index in [4.69, 9.17) is 4.74 Å². The van der Waals surface area contributed by atoms with Crippen LogP contribution in [0.3, 0.4) is 0 Å². The Hall–Kier alpha value is -1.42. The van der Waals surface area contributed by atoms with Crippen LogP contribution in [0.2, 0.25) is 0 Å². The van der Waals surface area contributed by atoms with Crippen LogP contribution in [0, 0.1) is 11.7 Å². The van der Waals surface area contributed by atoms with Crippen LogP contribution < -0.4 is 5.32 Å². The molecule has 0 aromatic heterocycles. The van der Waals surface area contributed by atoms with Crippen molar-refractivity contribution in [2.24, 2.45) is 5.92 Å². The van der Waals surface area contributed by atoms with Gasteiger partial charge in [0.05, 0.1) is 12.5 Å². The van der Waals surface area contributed by atoms with Crippen LogP contribution in [0.5, 0.6) is 0 Å². The molecule has 1 aliphatic rings. The third-order valence-electron chi connectivity index (χ3n) is 3.67. The Morgan fingerprint density at radius 2 is 2.28 bits per heavy atom. The smallest absolute Gasteiger partial charge is 0.311 e. The van der Waals surface area contributed by atoms with Gasteiger partial charge < -0.3 is 10.1 Å². The zero-order chi connectivity index (χ0) is 13.2. The Labute approximate surface area is 106 Å². The van der Waals surface area contributed by atoms with Crippen LogP contribution >= 0.6 is 0 Å². The molecular weight excluding hydrogens is 233 g/mol. The minimum Gasteiger partial charge on any atom is -0.466 e. The molecule has 4 heteroatoms. The summed E-state index contributed by atoms with van der Waals surface area (Å²) in [5.74, 6) is -0.861. The number of benzene rings is 1. The minimum absolute atomic E-state index is 0.256. The maximum absolute atomic E-state index is 13.9. The number of esters is 1. The summed E-state index contributed by atoms with van der Waals surface area (Å²) < 4.78 is 19.0. The molecule has 1 aromatic carbocycles. The molecule has 1 aromatic rings. The van der Waals surface area contributed by atoms with Gasteiger partial charge in [0, 0.05) is 18.5 Å². The summed E-state index contributed by atoms with van der Waals surface area (Å²) in [7, 11) is 0. The number of ether oxygens (including phenoxy) is 1. The molecule has 0 amide bonds. The lowest BCUT2D eigenvalue weighted by atomic mass is 9.74. The average Bonchev–Trinajstić information content (AvgIpc) is 2.73. The lowest BCUT2D eigenvalue weighted by Gasteiger charge is -2.29. The fourth-order valence-electron chi connectivity index (χ4n) is 2.62.